The van der Waals surface area contributed by atoms with Gasteiger partial charge in [-0.05, 0) is 31.7 Å². The fourth-order valence-corrected chi connectivity index (χ4v) is 2.68. The molecular weight excluding hydrogens is 272 g/mol. The highest BCUT2D eigenvalue weighted by atomic mass is 16.5. The minimum atomic E-state index is -0.279. The molecule has 1 saturated carbocycles. The molecule has 1 aromatic rings. The number of aromatic nitrogens is 1. The summed E-state index contributed by atoms with van der Waals surface area (Å²) < 4.78 is 4.72. The predicted octanol–water partition coefficient (Wildman–Crippen LogP) is 1.01. The Morgan fingerprint density at radius 1 is 1.38 bits per heavy atom. The average molecular weight is 292 g/mol. The van der Waals surface area contributed by atoms with Crippen molar-refractivity contribution in [3.05, 3.63) is 33.7 Å². The fraction of sp³-hybridized carbons (Fsp3) is 0.533. The van der Waals surface area contributed by atoms with E-state index in [-0.39, 0.29) is 29.4 Å². The number of H-pyrrole nitrogens is 1. The van der Waals surface area contributed by atoms with Gasteiger partial charge in [-0.1, -0.05) is 6.92 Å². The summed E-state index contributed by atoms with van der Waals surface area (Å²) >= 11 is 0. The molecule has 0 spiro atoms. The van der Waals surface area contributed by atoms with Crippen molar-refractivity contribution in [2.45, 2.75) is 38.6 Å². The van der Waals surface area contributed by atoms with Crippen molar-refractivity contribution in [1.82, 2.24) is 10.3 Å². The number of amides is 1. The summed E-state index contributed by atoms with van der Waals surface area (Å²) in [7, 11) is 1.37. The largest absolute Gasteiger partial charge is 0.469 e. The lowest BCUT2D eigenvalue weighted by molar-refractivity contribution is -0.145. The van der Waals surface area contributed by atoms with E-state index in [1.54, 1.807) is 6.07 Å². The van der Waals surface area contributed by atoms with E-state index in [1.807, 2.05) is 6.92 Å². The standard InChI is InChI=1S/C15H20N2O4/c1-3-11-7-10(8-13(18)16-11)14(19)17-12-5-4-9(6-12)15(20)21-2/h7-9,12H,3-6H2,1-2H3,(H,16,18)(H,17,19)/t9-,12+/m0/s1. The van der Waals surface area contributed by atoms with Crippen molar-refractivity contribution in [3.63, 3.8) is 0 Å². The topological polar surface area (TPSA) is 88.3 Å². The van der Waals surface area contributed by atoms with Gasteiger partial charge in [-0.3, -0.25) is 14.4 Å². The zero-order valence-corrected chi connectivity index (χ0v) is 12.3. The van der Waals surface area contributed by atoms with Crippen LogP contribution in [0.25, 0.3) is 0 Å². The van der Waals surface area contributed by atoms with Crippen LogP contribution in [0.5, 0.6) is 0 Å². The molecule has 0 bridgehead atoms. The Balaban J connectivity index is 2.01. The van der Waals surface area contributed by atoms with E-state index in [0.717, 1.165) is 12.1 Å². The maximum atomic E-state index is 12.2. The molecule has 0 unspecified atom stereocenters. The molecule has 1 amide bonds. The van der Waals surface area contributed by atoms with Crippen molar-refractivity contribution >= 4 is 11.9 Å². The Kier molecular flexibility index (Phi) is 4.77. The van der Waals surface area contributed by atoms with Crippen LogP contribution in [0.3, 0.4) is 0 Å². The Bertz CT molecular complexity index is 594. The summed E-state index contributed by atoms with van der Waals surface area (Å²) in [6, 6.07) is 2.93. The molecule has 1 fully saturated rings. The van der Waals surface area contributed by atoms with Gasteiger partial charge in [0, 0.05) is 23.4 Å². The van der Waals surface area contributed by atoms with Gasteiger partial charge in [0.05, 0.1) is 13.0 Å². The third-order valence-corrected chi connectivity index (χ3v) is 3.85. The average Bonchev–Trinajstić information content (AvgIpc) is 2.94. The quantitative estimate of drug-likeness (QED) is 0.811. The lowest BCUT2D eigenvalue weighted by Crippen LogP contribution is -2.34. The third kappa shape index (κ3) is 3.71. The Hall–Kier alpha value is -2.11. The smallest absolute Gasteiger partial charge is 0.308 e. The van der Waals surface area contributed by atoms with Gasteiger partial charge in [0.15, 0.2) is 0 Å². The number of aryl methyl sites for hydroxylation is 1. The molecule has 1 aromatic heterocycles. The van der Waals surface area contributed by atoms with E-state index >= 15 is 0 Å². The minimum Gasteiger partial charge on any atom is -0.469 e. The van der Waals surface area contributed by atoms with Gasteiger partial charge in [0.2, 0.25) is 5.56 Å². The summed E-state index contributed by atoms with van der Waals surface area (Å²) in [5, 5.41) is 2.88. The van der Waals surface area contributed by atoms with Gasteiger partial charge in [0.25, 0.3) is 5.91 Å². The van der Waals surface area contributed by atoms with Gasteiger partial charge in [-0.2, -0.15) is 0 Å². The molecule has 0 aromatic carbocycles. The molecule has 114 valence electrons. The molecule has 0 aliphatic heterocycles. The molecule has 0 saturated heterocycles. The zero-order valence-electron chi connectivity index (χ0n) is 12.3. The normalized spacial score (nSPS) is 21.0. The van der Waals surface area contributed by atoms with Crippen LogP contribution >= 0.6 is 0 Å². The molecular formula is C15H20N2O4. The fourth-order valence-electron chi connectivity index (χ4n) is 2.68. The van der Waals surface area contributed by atoms with E-state index in [4.69, 9.17) is 4.74 Å². The van der Waals surface area contributed by atoms with E-state index in [9.17, 15) is 14.4 Å². The van der Waals surface area contributed by atoms with Gasteiger partial charge in [-0.15, -0.1) is 0 Å². The zero-order chi connectivity index (χ0) is 15.4. The van der Waals surface area contributed by atoms with Crippen molar-refractivity contribution in [2.75, 3.05) is 7.11 Å². The third-order valence-electron chi connectivity index (χ3n) is 3.85. The molecule has 6 nitrogen and oxygen atoms in total. The van der Waals surface area contributed by atoms with Gasteiger partial charge < -0.3 is 15.0 Å². The predicted molar refractivity (Wildman–Crippen MR) is 77.1 cm³/mol. The Labute approximate surface area is 122 Å². The molecule has 2 rings (SSSR count). The number of aromatic amines is 1. The molecule has 2 N–H and O–H groups in total. The Morgan fingerprint density at radius 3 is 2.81 bits per heavy atom. The number of hydrogen-bond acceptors (Lipinski definition) is 4. The number of ether oxygens (including phenoxy) is 1. The van der Waals surface area contributed by atoms with Crippen LogP contribution in [0, 0.1) is 5.92 Å². The number of hydrogen-bond donors (Lipinski definition) is 2. The van der Waals surface area contributed by atoms with Crippen LogP contribution in [-0.2, 0) is 16.0 Å². The van der Waals surface area contributed by atoms with E-state index < -0.39 is 0 Å². The molecule has 1 heterocycles. The number of carbonyl (C=O) groups is 2. The van der Waals surface area contributed by atoms with Crippen molar-refractivity contribution in [1.29, 1.82) is 0 Å². The highest BCUT2D eigenvalue weighted by Gasteiger charge is 2.31. The number of methoxy groups -OCH3 is 1. The first-order valence-electron chi connectivity index (χ1n) is 7.15. The number of carbonyl (C=O) groups excluding carboxylic acids is 2. The lowest BCUT2D eigenvalue weighted by atomic mass is 10.1. The second-order valence-corrected chi connectivity index (χ2v) is 5.32. The maximum Gasteiger partial charge on any atom is 0.308 e. The van der Waals surface area contributed by atoms with E-state index in [1.165, 1.54) is 13.2 Å². The highest BCUT2D eigenvalue weighted by Crippen LogP contribution is 2.26. The molecule has 1 aliphatic rings. The van der Waals surface area contributed by atoms with Crippen LogP contribution in [-0.4, -0.2) is 30.0 Å². The summed E-state index contributed by atoms with van der Waals surface area (Å²) in [4.78, 5) is 37.8. The second-order valence-electron chi connectivity index (χ2n) is 5.32. The first-order valence-corrected chi connectivity index (χ1v) is 7.15. The number of esters is 1. The number of nitrogens with one attached hydrogen (secondary N) is 2. The van der Waals surface area contributed by atoms with E-state index in [0.29, 0.717) is 24.8 Å². The van der Waals surface area contributed by atoms with Gasteiger partial charge in [-0.25, -0.2) is 0 Å². The van der Waals surface area contributed by atoms with Gasteiger partial charge >= 0.3 is 5.97 Å². The number of rotatable bonds is 4. The van der Waals surface area contributed by atoms with Crippen molar-refractivity contribution < 1.29 is 14.3 Å². The first-order chi connectivity index (χ1) is 10.0. The molecule has 21 heavy (non-hydrogen) atoms. The van der Waals surface area contributed by atoms with Crippen LogP contribution in [0.4, 0.5) is 0 Å². The molecule has 1 aliphatic carbocycles. The Morgan fingerprint density at radius 2 is 2.14 bits per heavy atom. The van der Waals surface area contributed by atoms with Gasteiger partial charge in [0.1, 0.15) is 0 Å². The molecule has 0 radical (unpaired) electrons. The first kappa shape index (κ1) is 15.3. The summed E-state index contributed by atoms with van der Waals surface area (Å²) in [6.07, 6.45) is 2.70. The van der Waals surface area contributed by atoms with Crippen LogP contribution in [0.1, 0.15) is 42.2 Å². The van der Waals surface area contributed by atoms with E-state index in [2.05, 4.69) is 10.3 Å². The number of pyridine rings is 1. The molecule has 6 heteroatoms. The minimum absolute atomic E-state index is 0.0500. The lowest BCUT2D eigenvalue weighted by Gasteiger charge is -2.13. The van der Waals surface area contributed by atoms with Crippen molar-refractivity contribution in [3.8, 4) is 0 Å². The SMILES string of the molecule is CCc1cc(C(=O)N[C@@H]2CC[C@H](C(=O)OC)C2)cc(=O)[nH]1. The summed E-state index contributed by atoms with van der Waals surface area (Å²) in [5.74, 6) is -0.645. The summed E-state index contributed by atoms with van der Waals surface area (Å²) in [6.45, 7) is 1.91. The summed E-state index contributed by atoms with van der Waals surface area (Å²) in [5.41, 5.74) is 0.807. The van der Waals surface area contributed by atoms with Crippen LogP contribution in [0.15, 0.2) is 16.9 Å². The molecule has 2 atom stereocenters. The second kappa shape index (κ2) is 6.56. The van der Waals surface area contributed by atoms with Crippen LogP contribution < -0.4 is 10.9 Å². The monoisotopic (exact) mass is 292 g/mol. The maximum absolute atomic E-state index is 12.2. The highest BCUT2D eigenvalue weighted by molar-refractivity contribution is 5.94. The van der Waals surface area contributed by atoms with Crippen LogP contribution in [0.2, 0.25) is 0 Å². The van der Waals surface area contributed by atoms with Crippen molar-refractivity contribution in [2.24, 2.45) is 5.92 Å².